The summed E-state index contributed by atoms with van der Waals surface area (Å²) in [4.78, 5) is 20.4. The third-order valence-corrected chi connectivity index (χ3v) is 2.92. The molecule has 0 spiro atoms. The third kappa shape index (κ3) is 3.82. The van der Waals surface area contributed by atoms with Crippen LogP contribution in [0, 0.1) is 6.92 Å². The molecule has 0 fully saturated rings. The van der Waals surface area contributed by atoms with Crippen LogP contribution in [0.2, 0.25) is 0 Å². The van der Waals surface area contributed by atoms with Crippen LogP contribution in [0.1, 0.15) is 16.1 Å². The molecule has 1 heterocycles. The molecule has 114 valence electrons. The van der Waals surface area contributed by atoms with Crippen LogP contribution in [0.15, 0.2) is 43.2 Å². The minimum atomic E-state index is -0.341. The van der Waals surface area contributed by atoms with E-state index in [-0.39, 0.29) is 11.6 Å². The fourth-order valence-corrected chi connectivity index (χ4v) is 1.82. The summed E-state index contributed by atoms with van der Waals surface area (Å²) in [5, 5.41) is 5.77. The topological polar surface area (TPSA) is 76.1 Å². The molecule has 0 saturated heterocycles. The van der Waals surface area contributed by atoms with Crippen LogP contribution >= 0.6 is 0 Å². The molecule has 0 radical (unpaired) electrons. The number of methoxy groups -OCH3 is 1. The van der Waals surface area contributed by atoms with Gasteiger partial charge < -0.3 is 15.4 Å². The Balaban J connectivity index is 2.12. The summed E-state index contributed by atoms with van der Waals surface area (Å²) < 4.78 is 5.23. The predicted molar refractivity (Wildman–Crippen MR) is 86.4 cm³/mol. The van der Waals surface area contributed by atoms with Gasteiger partial charge in [-0.2, -0.15) is 0 Å². The zero-order chi connectivity index (χ0) is 15.9. The van der Waals surface area contributed by atoms with Crippen molar-refractivity contribution < 1.29 is 9.53 Å². The van der Waals surface area contributed by atoms with Crippen molar-refractivity contribution in [2.24, 2.45) is 0 Å². The standard InChI is InChI=1S/C16H18N4O2/c1-4-7-17-15-10-18-13(9-19-15)16(21)20-12-8-11(2)5-6-14(12)22-3/h4-6,8-10H,1,7H2,2-3H3,(H,17,19)(H,20,21). The average Bonchev–Trinajstić information content (AvgIpc) is 2.53. The molecule has 6 heteroatoms. The lowest BCUT2D eigenvalue weighted by atomic mass is 10.2. The fourth-order valence-electron chi connectivity index (χ4n) is 1.82. The quantitative estimate of drug-likeness (QED) is 0.802. The van der Waals surface area contributed by atoms with Gasteiger partial charge in [0.15, 0.2) is 0 Å². The molecular weight excluding hydrogens is 280 g/mol. The summed E-state index contributed by atoms with van der Waals surface area (Å²) in [6.07, 6.45) is 4.64. The smallest absolute Gasteiger partial charge is 0.275 e. The summed E-state index contributed by atoms with van der Waals surface area (Å²) >= 11 is 0. The maximum atomic E-state index is 12.2. The van der Waals surface area contributed by atoms with Crippen LogP contribution in [0.3, 0.4) is 0 Å². The van der Waals surface area contributed by atoms with E-state index in [0.29, 0.717) is 23.8 Å². The second-order valence-corrected chi connectivity index (χ2v) is 4.61. The minimum absolute atomic E-state index is 0.229. The number of aromatic nitrogens is 2. The lowest BCUT2D eigenvalue weighted by molar-refractivity contribution is 0.102. The maximum Gasteiger partial charge on any atom is 0.275 e. The molecule has 0 saturated carbocycles. The van der Waals surface area contributed by atoms with Gasteiger partial charge in [-0.05, 0) is 24.6 Å². The highest BCUT2D eigenvalue weighted by molar-refractivity contribution is 6.03. The number of rotatable bonds is 6. The van der Waals surface area contributed by atoms with E-state index in [4.69, 9.17) is 4.74 Å². The van der Waals surface area contributed by atoms with Gasteiger partial charge in [0, 0.05) is 6.54 Å². The van der Waals surface area contributed by atoms with Gasteiger partial charge in [-0.15, -0.1) is 6.58 Å². The van der Waals surface area contributed by atoms with Gasteiger partial charge in [-0.25, -0.2) is 9.97 Å². The summed E-state index contributed by atoms with van der Waals surface area (Å²) in [5.74, 6) is 0.840. The molecule has 2 aromatic rings. The molecule has 0 aliphatic carbocycles. The molecule has 22 heavy (non-hydrogen) atoms. The molecule has 0 aliphatic heterocycles. The van der Waals surface area contributed by atoms with Crippen LogP contribution in [0.5, 0.6) is 5.75 Å². The van der Waals surface area contributed by atoms with Gasteiger partial charge in [0.05, 0.1) is 25.2 Å². The van der Waals surface area contributed by atoms with Gasteiger partial charge in [0.25, 0.3) is 5.91 Å². The van der Waals surface area contributed by atoms with Crippen molar-refractivity contribution in [2.75, 3.05) is 24.3 Å². The highest BCUT2D eigenvalue weighted by atomic mass is 16.5. The second-order valence-electron chi connectivity index (χ2n) is 4.61. The third-order valence-electron chi connectivity index (χ3n) is 2.92. The number of carbonyl (C=O) groups excluding carboxylic acids is 1. The first-order valence-corrected chi connectivity index (χ1v) is 6.77. The highest BCUT2D eigenvalue weighted by Crippen LogP contribution is 2.25. The second kappa shape index (κ2) is 7.21. The van der Waals surface area contributed by atoms with E-state index >= 15 is 0 Å². The largest absolute Gasteiger partial charge is 0.495 e. The van der Waals surface area contributed by atoms with Crippen molar-refractivity contribution >= 4 is 17.4 Å². The van der Waals surface area contributed by atoms with Crippen LogP contribution < -0.4 is 15.4 Å². The lowest BCUT2D eigenvalue weighted by Crippen LogP contribution is -2.15. The Bertz CT molecular complexity index is 668. The Morgan fingerprint density at radius 2 is 2.18 bits per heavy atom. The lowest BCUT2D eigenvalue weighted by Gasteiger charge is -2.10. The zero-order valence-corrected chi connectivity index (χ0v) is 12.6. The monoisotopic (exact) mass is 298 g/mol. The molecule has 0 bridgehead atoms. The van der Waals surface area contributed by atoms with Crippen molar-refractivity contribution in [1.82, 2.24) is 9.97 Å². The van der Waals surface area contributed by atoms with E-state index in [1.54, 1.807) is 19.3 Å². The molecule has 2 rings (SSSR count). The van der Waals surface area contributed by atoms with E-state index in [0.717, 1.165) is 5.56 Å². The summed E-state index contributed by atoms with van der Waals surface area (Å²) in [6, 6.07) is 5.55. The summed E-state index contributed by atoms with van der Waals surface area (Å²) in [5.41, 5.74) is 1.85. The van der Waals surface area contributed by atoms with E-state index in [1.165, 1.54) is 12.4 Å². The van der Waals surface area contributed by atoms with Gasteiger partial charge in [0.2, 0.25) is 0 Å². The van der Waals surface area contributed by atoms with Crippen LogP contribution in [-0.4, -0.2) is 29.5 Å². The normalized spacial score (nSPS) is 9.91. The van der Waals surface area contributed by atoms with E-state index < -0.39 is 0 Å². The molecule has 0 aliphatic rings. The van der Waals surface area contributed by atoms with E-state index in [1.807, 2.05) is 19.1 Å². The maximum absolute atomic E-state index is 12.2. The van der Waals surface area contributed by atoms with Gasteiger partial charge >= 0.3 is 0 Å². The zero-order valence-electron chi connectivity index (χ0n) is 12.6. The van der Waals surface area contributed by atoms with Gasteiger partial charge in [-0.1, -0.05) is 12.1 Å². The Morgan fingerprint density at radius 3 is 2.82 bits per heavy atom. The van der Waals surface area contributed by atoms with Crippen molar-refractivity contribution in [3.63, 3.8) is 0 Å². The number of amides is 1. The van der Waals surface area contributed by atoms with Crippen LogP contribution in [0.4, 0.5) is 11.5 Å². The molecule has 6 nitrogen and oxygen atoms in total. The molecule has 1 aromatic heterocycles. The Kier molecular flexibility index (Phi) is 5.08. The van der Waals surface area contributed by atoms with Crippen molar-refractivity contribution in [1.29, 1.82) is 0 Å². The molecule has 0 unspecified atom stereocenters. The molecule has 1 amide bonds. The number of carbonyl (C=O) groups is 1. The van der Waals surface area contributed by atoms with Crippen LogP contribution in [-0.2, 0) is 0 Å². The van der Waals surface area contributed by atoms with Gasteiger partial charge in [-0.3, -0.25) is 4.79 Å². The summed E-state index contributed by atoms with van der Waals surface area (Å²) in [6.45, 7) is 6.13. The van der Waals surface area contributed by atoms with Crippen LogP contribution in [0.25, 0.3) is 0 Å². The molecule has 2 N–H and O–H groups in total. The Morgan fingerprint density at radius 1 is 1.36 bits per heavy atom. The Labute approximate surface area is 129 Å². The molecule has 1 aromatic carbocycles. The first-order chi connectivity index (χ1) is 10.6. The number of ether oxygens (including phenoxy) is 1. The highest BCUT2D eigenvalue weighted by Gasteiger charge is 2.11. The fraction of sp³-hybridized carbons (Fsp3) is 0.188. The number of anilines is 2. The average molecular weight is 298 g/mol. The van der Waals surface area contributed by atoms with E-state index in [9.17, 15) is 4.79 Å². The van der Waals surface area contributed by atoms with Crippen molar-refractivity contribution in [2.45, 2.75) is 6.92 Å². The molecular formula is C16H18N4O2. The minimum Gasteiger partial charge on any atom is -0.495 e. The number of hydrogen-bond acceptors (Lipinski definition) is 5. The molecule has 0 atom stereocenters. The van der Waals surface area contributed by atoms with Crippen molar-refractivity contribution in [3.05, 3.63) is 54.5 Å². The number of hydrogen-bond donors (Lipinski definition) is 2. The Hall–Kier alpha value is -2.89. The number of nitrogens with zero attached hydrogens (tertiary/aromatic N) is 2. The SMILES string of the molecule is C=CCNc1cnc(C(=O)Nc2cc(C)ccc2OC)cn1. The number of benzene rings is 1. The predicted octanol–water partition coefficient (Wildman–Crippen LogP) is 2.64. The number of nitrogens with one attached hydrogen (secondary N) is 2. The first kappa shape index (κ1) is 15.5. The van der Waals surface area contributed by atoms with Crippen molar-refractivity contribution in [3.8, 4) is 5.75 Å². The number of aryl methyl sites for hydroxylation is 1. The first-order valence-electron chi connectivity index (χ1n) is 6.77. The summed E-state index contributed by atoms with van der Waals surface area (Å²) in [7, 11) is 1.56. The van der Waals surface area contributed by atoms with E-state index in [2.05, 4.69) is 27.2 Å². The van der Waals surface area contributed by atoms with Gasteiger partial charge in [0.1, 0.15) is 17.3 Å².